The average Bonchev–Trinajstić information content (AvgIpc) is 2.51. The molecule has 0 spiro atoms. The van der Waals surface area contributed by atoms with Crippen LogP contribution >= 0.6 is 0 Å². The maximum atomic E-state index is 12.2. The smallest absolute Gasteiger partial charge is 0.325 e. The predicted octanol–water partition coefficient (Wildman–Crippen LogP) is 1.64. The van der Waals surface area contributed by atoms with Gasteiger partial charge < -0.3 is 20.1 Å². The Morgan fingerprint density at radius 2 is 1.79 bits per heavy atom. The molecule has 0 heterocycles. The van der Waals surface area contributed by atoms with E-state index < -0.39 is 17.6 Å². The molecule has 0 radical (unpaired) electrons. The summed E-state index contributed by atoms with van der Waals surface area (Å²) in [4.78, 5) is 23.9. The van der Waals surface area contributed by atoms with Crippen LogP contribution in [0.15, 0.2) is 30.3 Å². The molecule has 24 heavy (non-hydrogen) atoms. The molecular formula is C18H28N2O4. The number of esters is 1. The van der Waals surface area contributed by atoms with Crippen LogP contribution in [0, 0.1) is 0 Å². The van der Waals surface area contributed by atoms with Crippen LogP contribution in [0.5, 0.6) is 0 Å². The van der Waals surface area contributed by atoms with Gasteiger partial charge in [0.05, 0.1) is 12.7 Å². The molecule has 1 aromatic rings. The first-order valence-electron chi connectivity index (χ1n) is 8.05. The van der Waals surface area contributed by atoms with Gasteiger partial charge in [-0.3, -0.25) is 9.59 Å². The van der Waals surface area contributed by atoms with E-state index in [1.54, 1.807) is 27.8 Å². The molecule has 2 N–H and O–H groups in total. The Morgan fingerprint density at radius 1 is 1.17 bits per heavy atom. The quantitative estimate of drug-likeness (QED) is 0.706. The normalized spacial score (nSPS) is 13.9. The zero-order valence-electron chi connectivity index (χ0n) is 15.1. The zero-order chi connectivity index (χ0) is 18.2. The summed E-state index contributed by atoms with van der Waals surface area (Å²) < 4.78 is 10.9. The topological polar surface area (TPSA) is 76.7 Å². The minimum absolute atomic E-state index is 0.167. The van der Waals surface area contributed by atoms with Gasteiger partial charge in [0, 0.05) is 0 Å². The van der Waals surface area contributed by atoms with Gasteiger partial charge in [0.1, 0.15) is 18.2 Å². The summed E-state index contributed by atoms with van der Waals surface area (Å²) in [6.45, 7) is 7.41. The Hall–Kier alpha value is -1.92. The fraction of sp³-hybridized carbons (Fsp3) is 0.556. The molecule has 0 bridgehead atoms. The van der Waals surface area contributed by atoms with Crippen LogP contribution in [0.1, 0.15) is 33.3 Å². The molecule has 0 saturated carbocycles. The molecule has 0 aliphatic carbocycles. The van der Waals surface area contributed by atoms with Crippen molar-refractivity contribution in [1.29, 1.82) is 0 Å². The molecule has 0 aliphatic rings. The summed E-state index contributed by atoms with van der Waals surface area (Å²) in [5.41, 5.74) is 0.462. The maximum Gasteiger partial charge on any atom is 0.325 e. The molecule has 6 heteroatoms. The van der Waals surface area contributed by atoms with E-state index in [4.69, 9.17) is 9.47 Å². The van der Waals surface area contributed by atoms with E-state index in [-0.39, 0.29) is 18.6 Å². The van der Waals surface area contributed by atoms with Crippen LogP contribution in [0.25, 0.3) is 0 Å². The van der Waals surface area contributed by atoms with Gasteiger partial charge in [-0.1, -0.05) is 30.3 Å². The van der Waals surface area contributed by atoms with E-state index in [1.807, 2.05) is 37.3 Å². The monoisotopic (exact) mass is 336 g/mol. The number of benzene rings is 1. The maximum absolute atomic E-state index is 12.2. The van der Waals surface area contributed by atoms with Crippen LogP contribution < -0.4 is 10.6 Å². The van der Waals surface area contributed by atoms with Crippen LogP contribution in [-0.2, 0) is 25.7 Å². The molecule has 6 nitrogen and oxygen atoms in total. The lowest BCUT2D eigenvalue weighted by Gasteiger charge is -2.24. The summed E-state index contributed by atoms with van der Waals surface area (Å²) in [7, 11) is 1.68. The fourth-order valence-corrected chi connectivity index (χ4v) is 2.12. The number of carbonyl (C=O) groups excluding carboxylic acids is 2. The van der Waals surface area contributed by atoms with E-state index in [2.05, 4.69) is 10.6 Å². The molecule has 0 fully saturated rings. The van der Waals surface area contributed by atoms with E-state index in [1.165, 1.54) is 0 Å². The molecular weight excluding hydrogens is 308 g/mol. The van der Waals surface area contributed by atoms with Gasteiger partial charge in [0.15, 0.2) is 0 Å². The Kier molecular flexibility index (Phi) is 7.88. The Bertz CT molecular complexity index is 526. The Balaban J connectivity index is 2.45. The first kappa shape index (κ1) is 20.1. The van der Waals surface area contributed by atoms with Crippen molar-refractivity contribution >= 4 is 11.9 Å². The highest BCUT2D eigenvalue weighted by atomic mass is 16.6. The molecule has 1 amide bonds. The van der Waals surface area contributed by atoms with Gasteiger partial charge in [0.2, 0.25) is 5.91 Å². The summed E-state index contributed by atoms with van der Waals surface area (Å²) in [6.07, 6.45) is -0.353. The minimum Gasteiger partial charge on any atom is -0.459 e. The van der Waals surface area contributed by atoms with E-state index in [0.29, 0.717) is 6.61 Å². The molecule has 134 valence electrons. The molecule has 1 aromatic carbocycles. The van der Waals surface area contributed by atoms with E-state index >= 15 is 0 Å². The van der Waals surface area contributed by atoms with Crippen molar-refractivity contribution < 1.29 is 19.1 Å². The van der Waals surface area contributed by atoms with Crippen LogP contribution in [0.2, 0.25) is 0 Å². The number of hydrogen-bond acceptors (Lipinski definition) is 5. The minimum atomic E-state index is -0.573. The van der Waals surface area contributed by atoms with Crippen molar-refractivity contribution in [2.75, 3.05) is 13.6 Å². The molecule has 0 saturated heterocycles. The van der Waals surface area contributed by atoms with Crippen molar-refractivity contribution in [3.05, 3.63) is 35.9 Å². The van der Waals surface area contributed by atoms with Gasteiger partial charge >= 0.3 is 5.97 Å². The second kappa shape index (κ2) is 9.39. The molecule has 2 atom stereocenters. The second-order valence-electron chi connectivity index (χ2n) is 6.57. The third-order valence-electron chi connectivity index (χ3n) is 3.25. The molecule has 0 aliphatic heterocycles. The zero-order valence-corrected chi connectivity index (χ0v) is 15.1. The number of likely N-dealkylation sites (N-methyl/N-ethyl adjacent to an activating group) is 1. The number of nitrogens with one attached hydrogen (secondary N) is 2. The van der Waals surface area contributed by atoms with Gasteiger partial charge in [-0.2, -0.15) is 0 Å². The fourth-order valence-electron chi connectivity index (χ4n) is 2.12. The van der Waals surface area contributed by atoms with Crippen molar-refractivity contribution in [2.45, 2.75) is 52.0 Å². The standard InChI is InChI=1S/C18H28N2O4/c1-13(23-12-14-9-7-6-8-10-14)16(19-5)17(22)20-11-15(21)24-18(2,3)4/h6-10,13,16,19H,11-12H2,1-5H3,(H,20,22)/t13-,16+/m1/s1. The van der Waals surface area contributed by atoms with Crippen LogP contribution in [0.4, 0.5) is 0 Å². The van der Waals surface area contributed by atoms with Crippen molar-refractivity contribution in [1.82, 2.24) is 10.6 Å². The average molecular weight is 336 g/mol. The third-order valence-corrected chi connectivity index (χ3v) is 3.25. The SMILES string of the molecule is CN[C@H](C(=O)NCC(=O)OC(C)(C)C)[C@@H](C)OCc1ccccc1. The largest absolute Gasteiger partial charge is 0.459 e. The summed E-state index contributed by atoms with van der Waals surface area (Å²) in [6, 6.07) is 9.18. The van der Waals surface area contributed by atoms with E-state index in [9.17, 15) is 9.59 Å². The van der Waals surface area contributed by atoms with Gasteiger partial charge in [0.25, 0.3) is 0 Å². The molecule has 1 rings (SSSR count). The first-order valence-corrected chi connectivity index (χ1v) is 8.05. The Morgan fingerprint density at radius 3 is 2.33 bits per heavy atom. The highest BCUT2D eigenvalue weighted by Crippen LogP contribution is 2.08. The highest BCUT2D eigenvalue weighted by Gasteiger charge is 2.25. The first-order chi connectivity index (χ1) is 11.2. The Labute approximate surface area is 143 Å². The van der Waals surface area contributed by atoms with Crippen LogP contribution in [0.3, 0.4) is 0 Å². The number of ether oxygens (including phenoxy) is 2. The highest BCUT2D eigenvalue weighted by molar-refractivity contribution is 5.86. The number of carbonyl (C=O) groups is 2. The summed E-state index contributed by atoms with van der Waals surface area (Å²) in [5, 5.41) is 5.50. The summed E-state index contributed by atoms with van der Waals surface area (Å²) >= 11 is 0. The summed E-state index contributed by atoms with van der Waals surface area (Å²) in [5.74, 6) is -0.771. The van der Waals surface area contributed by atoms with Gasteiger partial charge in [-0.15, -0.1) is 0 Å². The second-order valence-corrected chi connectivity index (χ2v) is 6.57. The lowest BCUT2D eigenvalue weighted by Crippen LogP contribution is -2.51. The third kappa shape index (κ3) is 7.57. The van der Waals surface area contributed by atoms with Crippen LogP contribution in [-0.4, -0.2) is 43.2 Å². The van der Waals surface area contributed by atoms with Gasteiger partial charge in [-0.25, -0.2) is 0 Å². The predicted molar refractivity (Wildman–Crippen MR) is 92.4 cm³/mol. The molecule has 0 unspecified atom stereocenters. The van der Waals surface area contributed by atoms with Crippen molar-refractivity contribution in [2.24, 2.45) is 0 Å². The lowest BCUT2D eigenvalue weighted by atomic mass is 10.1. The molecule has 0 aromatic heterocycles. The van der Waals surface area contributed by atoms with E-state index in [0.717, 1.165) is 5.56 Å². The lowest BCUT2D eigenvalue weighted by molar-refractivity contribution is -0.154. The number of amides is 1. The number of rotatable bonds is 8. The van der Waals surface area contributed by atoms with Crippen molar-refractivity contribution in [3.63, 3.8) is 0 Å². The van der Waals surface area contributed by atoms with Crippen molar-refractivity contribution in [3.8, 4) is 0 Å². The van der Waals surface area contributed by atoms with Gasteiger partial charge in [-0.05, 0) is 40.3 Å². The number of hydrogen-bond donors (Lipinski definition) is 2.